The van der Waals surface area contributed by atoms with Crippen LogP contribution >= 0.6 is 0 Å². The molecule has 2 saturated heterocycles. The van der Waals surface area contributed by atoms with Crippen LogP contribution in [0.1, 0.15) is 50.3 Å². The van der Waals surface area contributed by atoms with E-state index >= 15 is 0 Å². The molecule has 1 N–H and O–H groups in total. The Kier molecular flexibility index (Phi) is 3.64. The number of rotatable bonds is 4. The molecular weight excluding hydrogens is 236 g/mol. The van der Waals surface area contributed by atoms with Crippen molar-refractivity contribution >= 4 is 0 Å². The van der Waals surface area contributed by atoms with E-state index in [2.05, 4.69) is 38.1 Å². The predicted octanol–water partition coefficient (Wildman–Crippen LogP) is 3.49. The molecule has 3 rings (SSSR count). The smallest absolute Gasteiger partial charge is 0.0844 e. The molecule has 0 saturated carbocycles. The normalized spacial score (nSPS) is 31.1. The third-order valence-corrected chi connectivity index (χ3v) is 4.50. The summed E-state index contributed by atoms with van der Waals surface area (Å²) >= 11 is 0. The fraction of sp³-hybridized carbons (Fsp3) is 0.647. The second-order valence-corrected chi connectivity index (χ2v) is 6.56. The molecule has 0 amide bonds. The summed E-state index contributed by atoms with van der Waals surface area (Å²) in [6.45, 7) is 4.46. The lowest BCUT2D eigenvalue weighted by Gasteiger charge is -2.25. The zero-order valence-corrected chi connectivity index (χ0v) is 11.9. The molecular formula is C17H24O2. The maximum Gasteiger partial charge on any atom is 0.0844 e. The minimum Gasteiger partial charge on any atom is -0.388 e. The molecule has 19 heavy (non-hydrogen) atoms. The van der Waals surface area contributed by atoms with Crippen molar-refractivity contribution in [2.24, 2.45) is 11.8 Å². The van der Waals surface area contributed by atoms with E-state index in [1.54, 1.807) is 0 Å². The van der Waals surface area contributed by atoms with Gasteiger partial charge in [0.1, 0.15) is 0 Å². The minimum absolute atomic E-state index is 0.286. The van der Waals surface area contributed by atoms with E-state index in [0.717, 1.165) is 24.8 Å². The van der Waals surface area contributed by atoms with Gasteiger partial charge in [0.15, 0.2) is 0 Å². The van der Waals surface area contributed by atoms with Gasteiger partial charge in [-0.25, -0.2) is 0 Å². The summed E-state index contributed by atoms with van der Waals surface area (Å²) in [6, 6.07) is 8.47. The van der Waals surface area contributed by atoms with Crippen LogP contribution < -0.4 is 0 Å². The number of benzene rings is 1. The van der Waals surface area contributed by atoms with Gasteiger partial charge < -0.3 is 9.84 Å². The summed E-state index contributed by atoms with van der Waals surface area (Å²) in [5.41, 5.74) is 2.40. The molecule has 2 fully saturated rings. The molecule has 104 valence electrons. The van der Waals surface area contributed by atoms with E-state index in [4.69, 9.17) is 4.74 Å². The van der Waals surface area contributed by atoms with Crippen LogP contribution in [-0.2, 0) is 11.2 Å². The SMILES string of the molecule is CC(C)Cc1cccc(C(O)C2CC3CCC2O3)c1. The number of hydrogen-bond acceptors (Lipinski definition) is 2. The zero-order valence-electron chi connectivity index (χ0n) is 11.9. The topological polar surface area (TPSA) is 29.5 Å². The molecule has 4 atom stereocenters. The van der Waals surface area contributed by atoms with E-state index in [1.807, 2.05) is 0 Å². The highest BCUT2D eigenvalue weighted by Gasteiger charge is 2.44. The lowest BCUT2D eigenvalue weighted by molar-refractivity contribution is 0.0422. The van der Waals surface area contributed by atoms with Crippen LogP contribution in [0.2, 0.25) is 0 Å². The van der Waals surface area contributed by atoms with Crippen LogP contribution in [0.4, 0.5) is 0 Å². The molecule has 0 radical (unpaired) electrons. The molecule has 0 aromatic heterocycles. The molecule has 2 aliphatic heterocycles. The van der Waals surface area contributed by atoms with Crippen LogP contribution in [0.3, 0.4) is 0 Å². The maximum absolute atomic E-state index is 10.6. The van der Waals surface area contributed by atoms with Crippen molar-refractivity contribution in [1.29, 1.82) is 0 Å². The minimum atomic E-state index is -0.359. The molecule has 2 bridgehead atoms. The van der Waals surface area contributed by atoms with Gasteiger partial charge in [0.25, 0.3) is 0 Å². The van der Waals surface area contributed by atoms with Crippen LogP contribution in [0.5, 0.6) is 0 Å². The Morgan fingerprint density at radius 1 is 1.32 bits per heavy atom. The highest BCUT2D eigenvalue weighted by atomic mass is 16.5. The Balaban J connectivity index is 1.74. The molecule has 2 heteroatoms. The molecule has 0 aliphatic carbocycles. The van der Waals surface area contributed by atoms with Gasteiger partial charge in [-0.1, -0.05) is 38.1 Å². The first kappa shape index (κ1) is 13.1. The summed E-state index contributed by atoms with van der Waals surface area (Å²) in [5, 5.41) is 10.6. The van der Waals surface area contributed by atoms with Gasteiger partial charge in [0, 0.05) is 5.92 Å². The van der Waals surface area contributed by atoms with Crippen LogP contribution in [0.25, 0.3) is 0 Å². The van der Waals surface area contributed by atoms with E-state index in [0.29, 0.717) is 17.9 Å². The second-order valence-electron chi connectivity index (χ2n) is 6.56. The number of ether oxygens (including phenoxy) is 1. The van der Waals surface area contributed by atoms with Crippen molar-refractivity contribution in [3.63, 3.8) is 0 Å². The molecule has 4 unspecified atom stereocenters. The van der Waals surface area contributed by atoms with Gasteiger partial charge in [0.05, 0.1) is 18.3 Å². The maximum atomic E-state index is 10.6. The average Bonchev–Trinajstić information content (AvgIpc) is 2.99. The first-order valence-corrected chi connectivity index (χ1v) is 7.56. The van der Waals surface area contributed by atoms with Crippen molar-refractivity contribution in [2.75, 3.05) is 0 Å². The summed E-state index contributed by atoms with van der Waals surface area (Å²) in [5.74, 6) is 0.950. The lowest BCUT2D eigenvalue weighted by atomic mass is 9.82. The summed E-state index contributed by atoms with van der Waals surface area (Å²) < 4.78 is 5.86. The highest BCUT2D eigenvalue weighted by Crippen LogP contribution is 2.44. The second kappa shape index (κ2) is 5.26. The highest BCUT2D eigenvalue weighted by molar-refractivity contribution is 5.26. The molecule has 2 aliphatic rings. The number of aliphatic hydroxyl groups is 1. The Hall–Kier alpha value is -0.860. The first-order chi connectivity index (χ1) is 9.13. The van der Waals surface area contributed by atoms with E-state index in [9.17, 15) is 5.11 Å². The van der Waals surface area contributed by atoms with Gasteiger partial charge in [-0.15, -0.1) is 0 Å². The number of aliphatic hydroxyl groups excluding tert-OH is 1. The fourth-order valence-electron chi connectivity index (χ4n) is 3.63. The van der Waals surface area contributed by atoms with Crippen LogP contribution in [-0.4, -0.2) is 17.3 Å². The predicted molar refractivity (Wildman–Crippen MR) is 75.9 cm³/mol. The van der Waals surface area contributed by atoms with Gasteiger partial charge in [0.2, 0.25) is 0 Å². The van der Waals surface area contributed by atoms with Crippen molar-refractivity contribution in [2.45, 2.75) is 57.8 Å². The standard InChI is InChI=1S/C17H24O2/c1-11(2)8-12-4-3-5-13(9-12)17(18)15-10-14-6-7-16(15)19-14/h3-5,9,11,14-18H,6-8,10H2,1-2H3. The average molecular weight is 260 g/mol. The van der Waals surface area contributed by atoms with E-state index < -0.39 is 0 Å². The fourth-order valence-corrected chi connectivity index (χ4v) is 3.63. The quantitative estimate of drug-likeness (QED) is 0.898. The van der Waals surface area contributed by atoms with Gasteiger partial charge >= 0.3 is 0 Å². The van der Waals surface area contributed by atoms with Gasteiger partial charge in [-0.05, 0) is 42.7 Å². The Morgan fingerprint density at radius 2 is 2.16 bits per heavy atom. The molecule has 2 heterocycles. The molecule has 1 aromatic carbocycles. The Labute approximate surface area is 115 Å². The molecule has 1 aromatic rings. The van der Waals surface area contributed by atoms with Crippen LogP contribution in [0.15, 0.2) is 24.3 Å². The van der Waals surface area contributed by atoms with E-state index in [-0.39, 0.29) is 12.2 Å². The zero-order chi connectivity index (χ0) is 13.4. The largest absolute Gasteiger partial charge is 0.388 e. The van der Waals surface area contributed by atoms with Gasteiger partial charge in [-0.2, -0.15) is 0 Å². The van der Waals surface area contributed by atoms with Crippen molar-refractivity contribution in [3.8, 4) is 0 Å². The first-order valence-electron chi connectivity index (χ1n) is 7.56. The van der Waals surface area contributed by atoms with Crippen molar-refractivity contribution < 1.29 is 9.84 Å². The van der Waals surface area contributed by atoms with E-state index in [1.165, 1.54) is 12.0 Å². The monoisotopic (exact) mass is 260 g/mol. The molecule has 0 spiro atoms. The van der Waals surface area contributed by atoms with Crippen molar-refractivity contribution in [3.05, 3.63) is 35.4 Å². The molecule has 2 nitrogen and oxygen atoms in total. The Morgan fingerprint density at radius 3 is 2.79 bits per heavy atom. The van der Waals surface area contributed by atoms with Crippen molar-refractivity contribution in [1.82, 2.24) is 0 Å². The third-order valence-electron chi connectivity index (χ3n) is 4.50. The van der Waals surface area contributed by atoms with Crippen LogP contribution in [0, 0.1) is 11.8 Å². The number of fused-ring (bicyclic) bond motifs is 2. The number of hydrogen-bond donors (Lipinski definition) is 1. The Bertz CT molecular complexity index is 441. The lowest BCUT2D eigenvalue weighted by Crippen LogP contribution is -2.23. The third kappa shape index (κ3) is 2.70. The van der Waals surface area contributed by atoms with Gasteiger partial charge in [-0.3, -0.25) is 0 Å². The summed E-state index contributed by atoms with van der Waals surface area (Å²) in [7, 11) is 0. The summed E-state index contributed by atoms with van der Waals surface area (Å²) in [4.78, 5) is 0. The summed E-state index contributed by atoms with van der Waals surface area (Å²) in [6.07, 6.45) is 4.74.